The molecule has 3 nitrogen and oxygen atoms in total. The number of hydrogen-bond donors (Lipinski definition) is 0. The van der Waals surface area contributed by atoms with Crippen molar-refractivity contribution in [3.05, 3.63) is 41.5 Å². The Morgan fingerprint density at radius 2 is 1.67 bits per heavy atom. The third-order valence-electron chi connectivity index (χ3n) is 4.65. The van der Waals surface area contributed by atoms with E-state index in [0.717, 1.165) is 30.6 Å². The van der Waals surface area contributed by atoms with E-state index in [0.29, 0.717) is 5.56 Å². The number of allylic oxidation sites excluding steroid dienone is 1. The minimum absolute atomic E-state index is 0.142. The first-order valence-electron chi connectivity index (χ1n) is 8.70. The quantitative estimate of drug-likeness (QED) is 0.261. The van der Waals surface area contributed by atoms with Crippen LogP contribution in [0.1, 0.15) is 62.9 Å². The number of ether oxygens (including phenoxy) is 1. The van der Waals surface area contributed by atoms with Crippen LogP contribution in [-0.4, -0.2) is 21.4 Å². The summed E-state index contributed by atoms with van der Waals surface area (Å²) < 4.78 is 11.3. The van der Waals surface area contributed by atoms with Crippen molar-refractivity contribution in [1.29, 1.82) is 0 Å². The first kappa shape index (κ1) is 20.5. The maximum Gasteiger partial charge on any atom is 0.337 e. The molecule has 0 saturated heterocycles. The molecule has 0 amide bonds. The summed E-state index contributed by atoms with van der Waals surface area (Å²) in [5, 5.41) is 0.142. The molecule has 0 heterocycles. The van der Waals surface area contributed by atoms with Gasteiger partial charge in [0.1, 0.15) is 5.76 Å². The van der Waals surface area contributed by atoms with E-state index < -0.39 is 8.32 Å². The molecule has 0 bridgehead atoms. The first-order valence-corrected chi connectivity index (χ1v) is 11.6. The first-order chi connectivity index (χ1) is 11.1. The average Bonchev–Trinajstić information content (AvgIpc) is 2.52. The zero-order chi connectivity index (χ0) is 18.4. The molecule has 1 aromatic carbocycles. The van der Waals surface area contributed by atoms with Crippen LogP contribution in [0.15, 0.2) is 30.3 Å². The Morgan fingerprint density at radius 3 is 2.12 bits per heavy atom. The van der Waals surface area contributed by atoms with Gasteiger partial charge in [0, 0.05) is 5.56 Å². The van der Waals surface area contributed by atoms with Crippen molar-refractivity contribution in [3.63, 3.8) is 0 Å². The van der Waals surface area contributed by atoms with Crippen LogP contribution in [0.5, 0.6) is 0 Å². The lowest BCUT2D eigenvalue weighted by Crippen LogP contribution is -2.40. The van der Waals surface area contributed by atoms with Crippen molar-refractivity contribution in [1.82, 2.24) is 0 Å². The van der Waals surface area contributed by atoms with Crippen LogP contribution in [0, 0.1) is 0 Å². The summed E-state index contributed by atoms with van der Waals surface area (Å²) in [7, 11) is -0.517. The van der Waals surface area contributed by atoms with Crippen molar-refractivity contribution in [3.8, 4) is 0 Å². The zero-order valence-corrected chi connectivity index (χ0v) is 17.2. The topological polar surface area (TPSA) is 35.5 Å². The number of esters is 1. The molecule has 0 saturated carbocycles. The third kappa shape index (κ3) is 5.51. The number of unbranched alkanes of at least 4 members (excludes halogenated alkanes) is 2. The monoisotopic (exact) mass is 348 g/mol. The summed E-state index contributed by atoms with van der Waals surface area (Å²) in [4.78, 5) is 11.6. The fraction of sp³-hybridized carbons (Fsp3) is 0.550. The van der Waals surface area contributed by atoms with Crippen LogP contribution in [0.25, 0.3) is 5.76 Å². The molecule has 4 heteroatoms. The fourth-order valence-corrected chi connectivity index (χ4v) is 3.03. The van der Waals surface area contributed by atoms with Gasteiger partial charge in [-0.2, -0.15) is 0 Å². The Balaban J connectivity index is 3.10. The third-order valence-corrected chi connectivity index (χ3v) is 8.99. The van der Waals surface area contributed by atoms with Gasteiger partial charge in [0.15, 0.2) is 0 Å². The Hall–Kier alpha value is -1.55. The molecular formula is C20H32O3Si. The molecule has 0 aliphatic carbocycles. The molecule has 134 valence electrons. The maximum absolute atomic E-state index is 11.6. The van der Waals surface area contributed by atoms with Crippen molar-refractivity contribution >= 4 is 20.0 Å². The highest BCUT2D eigenvalue weighted by Crippen LogP contribution is 2.39. The fourth-order valence-electron chi connectivity index (χ4n) is 1.97. The molecule has 0 aliphatic rings. The predicted octanol–water partition coefficient (Wildman–Crippen LogP) is 6.03. The highest BCUT2D eigenvalue weighted by Gasteiger charge is 2.39. The summed E-state index contributed by atoms with van der Waals surface area (Å²) in [6.07, 6.45) is 5.49. The molecule has 1 rings (SSSR count). The normalized spacial score (nSPS) is 12.9. The lowest BCUT2D eigenvalue weighted by Gasteiger charge is -2.37. The van der Waals surface area contributed by atoms with Crippen LogP contribution in [0.2, 0.25) is 18.1 Å². The van der Waals surface area contributed by atoms with Gasteiger partial charge in [0.2, 0.25) is 8.32 Å². The van der Waals surface area contributed by atoms with Crippen LogP contribution < -0.4 is 0 Å². The summed E-state index contributed by atoms with van der Waals surface area (Å²) >= 11 is 0. The molecule has 0 aromatic heterocycles. The van der Waals surface area contributed by atoms with Gasteiger partial charge in [-0.3, -0.25) is 0 Å². The van der Waals surface area contributed by atoms with Gasteiger partial charge >= 0.3 is 5.97 Å². The highest BCUT2D eigenvalue weighted by atomic mass is 28.4. The molecule has 0 radical (unpaired) electrons. The number of hydrogen-bond acceptors (Lipinski definition) is 3. The number of carbonyl (C=O) groups excluding carboxylic acids is 1. The van der Waals surface area contributed by atoms with Crippen LogP contribution in [0.4, 0.5) is 0 Å². The van der Waals surface area contributed by atoms with E-state index in [1.807, 2.05) is 12.1 Å². The lowest BCUT2D eigenvalue weighted by molar-refractivity contribution is 0.0600. The SMILES string of the molecule is CCCC/C=C(\O[Si](C)(C)C(C)(C)C)c1ccc(C(=O)OC)cc1. The Labute approximate surface area is 148 Å². The minimum Gasteiger partial charge on any atom is -0.543 e. The second-order valence-electron chi connectivity index (χ2n) is 7.64. The molecular weight excluding hydrogens is 316 g/mol. The lowest BCUT2D eigenvalue weighted by atomic mass is 10.1. The number of benzene rings is 1. The van der Waals surface area contributed by atoms with Gasteiger partial charge in [-0.1, -0.05) is 46.2 Å². The molecule has 24 heavy (non-hydrogen) atoms. The van der Waals surface area contributed by atoms with Crippen molar-refractivity contribution in [2.75, 3.05) is 7.11 Å². The number of methoxy groups -OCH3 is 1. The van der Waals surface area contributed by atoms with Gasteiger partial charge in [-0.25, -0.2) is 4.79 Å². The number of carbonyl (C=O) groups is 1. The molecule has 0 fully saturated rings. The maximum atomic E-state index is 11.6. The van der Waals surface area contributed by atoms with E-state index in [9.17, 15) is 4.79 Å². The van der Waals surface area contributed by atoms with Gasteiger partial charge < -0.3 is 9.16 Å². The molecule has 0 unspecified atom stereocenters. The molecule has 0 N–H and O–H groups in total. The van der Waals surface area contributed by atoms with Crippen molar-refractivity contribution < 1.29 is 14.0 Å². The standard InChI is InChI=1S/C20H32O3Si/c1-8-9-10-11-18(23-24(6,7)20(2,3)4)16-12-14-17(15-13-16)19(21)22-5/h11-15H,8-10H2,1-7H3/b18-11-. The van der Waals surface area contributed by atoms with E-state index in [4.69, 9.17) is 9.16 Å². The summed E-state index contributed by atoms with van der Waals surface area (Å²) in [6, 6.07) is 7.47. The van der Waals surface area contributed by atoms with Crippen LogP contribution in [0.3, 0.4) is 0 Å². The summed E-state index contributed by atoms with van der Waals surface area (Å²) in [6.45, 7) is 13.4. The zero-order valence-electron chi connectivity index (χ0n) is 16.2. The predicted molar refractivity (Wildman–Crippen MR) is 104 cm³/mol. The van der Waals surface area contributed by atoms with E-state index >= 15 is 0 Å². The minimum atomic E-state index is -1.91. The number of rotatable bonds is 7. The summed E-state index contributed by atoms with van der Waals surface area (Å²) in [5.41, 5.74) is 1.57. The van der Waals surface area contributed by atoms with E-state index in [1.54, 1.807) is 12.1 Å². The highest BCUT2D eigenvalue weighted by molar-refractivity contribution is 6.74. The molecule has 1 aromatic rings. The van der Waals surface area contributed by atoms with Gasteiger partial charge in [0.05, 0.1) is 12.7 Å². The van der Waals surface area contributed by atoms with E-state index in [2.05, 4.69) is 46.9 Å². The second-order valence-corrected chi connectivity index (χ2v) is 12.4. The van der Waals surface area contributed by atoms with Crippen LogP contribution in [-0.2, 0) is 9.16 Å². The average molecular weight is 349 g/mol. The molecule has 0 atom stereocenters. The van der Waals surface area contributed by atoms with E-state index in [-0.39, 0.29) is 11.0 Å². The van der Waals surface area contributed by atoms with Crippen molar-refractivity contribution in [2.24, 2.45) is 0 Å². The largest absolute Gasteiger partial charge is 0.543 e. The van der Waals surface area contributed by atoms with E-state index in [1.165, 1.54) is 7.11 Å². The Morgan fingerprint density at radius 1 is 1.12 bits per heavy atom. The molecule has 0 spiro atoms. The second kappa shape index (κ2) is 8.52. The molecule has 0 aliphatic heterocycles. The Kier molecular flexibility index (Phi) is 7.27. The van der Waals surface area contributed by atoms with Gasteiger partial charge in [0.25, 0.3) is 0 Å². The summed E-state index contributed by atoms with van der Waals surface area (Å²) in [5.74, 6) is 0.620. The Bertz CT molecular complexity index is 566. The van der Waals surface area contributed by atoms with Crippen molar-refractivity contribution in [2.45, 2.75) is 65.1 Å². The van der Waals surface area contributed by atoms with Crippen LogP contribution >= 0.6 is 0 Å². The van der Waals surface area contributed by atoms with Gasteiger partial charge in [-0.15, -0.1) is 0 Å². The van der Waals surface area contributed by atoms with Gasteiger partial charge in [-0.05, 0) is 49.2 Å². The smallest absolute Gasteiger partial charge is 0.337 e.